The third-order valence-corrected chi connectivity index (χ3v) is 3.11. The molecule has 0 amide bonds. The molecular formula is C14H18N2O3. The lowest BCUT2D eigenvalue weighted by atomic mass is 10.1. The minimum absolute atomic E-state index is 0.156. The minimum Gasteiger partial charge on any atom is -0.378 e. The SMILES string of the molecule is Cc1ccc(/C=C/C2COCC(C)N2)cc1[N+](=O)[O-]. The maximum Gasteiger partial charge on any atom is 0.272 e. The van der Waals surface area contributed by atoms with Crippen molar-refractivity contribution in [2.45, 2.75) is 25.9 Å². The van der Waals surface area contributed by atoms with Crippen LogP contribution in [0.3, 0.4) is 0 Å². The lowest BCUT2D eigenvalue weighted by Crippen LogP contribution is -2.46. The van der Waals surface area contributed by atoms with E-state index >= 15 is 0 Å². The van der Waals surface area contributed by atoms with Gasteiger partial charge in [0.25, 0.3) is 5.69 Å². The number of hydrogen-bond donors (Lipinski definition) is 1. The van der Waals surface area contributed by atoms with E-state index in [2.05, 4.69) is 12.2 Å². The van der Waals surface area contributed by atoms with E-state index in [0.717, 1.165) is 12.2 Å². The van der Waals surface area contributed by atoms with Gasteiger partial charge in [-0.1, -0.05) is 24.3 Å². The highest BCUT2D eigenvalue weighted by atomic mass is 16.6. The summed E-state index contributed by atoms with van der Waals surface area (Å²) in [5.74, 6) is 0. The van der Waals surface area contributed by atoms with Crippen LogP contribution in [-0.4, -0.2) is 30.2 Å². The molecule has 0 radical (unpaired) electrons. The standard InChI is InChI=1S/C14H18N2O3/c1-10-3-4-12(7-14(10)16(17)18)5-6-13-9-19-8-11(2)15-13/h3-7,11,13,15H,8-9H2,1-2H3/b6-5+. The van der Waals surface area contributed by atoms with Gasteiger partial charge in [0.1, 0.15) is 0 Å². The van der Waals surface area contributed by atoms with Crippen molar-refractivity contribution in [1.82, 2.24) is 5.32 Å². The third kappa shape index (κ3) is 3.62. The minimum atomic E-state index is -0.350. The van der Waals surface area contributed by atoms with E-state index in [0.29, 0.717) is 18.2 Å². The molecule has 1 saturated heterocycles. The van der Waals surface area contributed by atoms with Crippen molar-refractivity contribution in [3.63, 3.8) is 0 Å². The Morgan fingerprint density at radius 3 is 2.95 bits per heavy atom. The Labute approximate surface area is 112 Å². The van der Waals surface area contributed by atoms with Crippen LogP contribution >= 0.6 is 0 Å². The normalized spacial score (nSPS) is 23.7. The summed E-state index contributed by atoms with van der Waals surface area (Å²) in [5.41, 5.74) is 1.66. The van der Waals surface area contributed by atoms with E-state index in [1.807, 2.05) is 18.2 Å². The maximum atomic E-state index is 10.9. The van der Waals surface area contributed by atoms with Gasteiger partial charge < -0.3 is 10.1 Å². The number of hydrogen-bond acceptors (Lipinski definition) is 4. The van der Waals surface area contributed by atoms with Crippen LogP contribution in [0.2, 0.25) is 0 Å². The summed E-state index contributed by atoms with van der Waals surface area (Å²) < 4.78 is 5.44. The first-order valence-corrected chi connectivity index (χ1v) is 6.33. The van der Waals surface area contributed by atoms with Crippen molar-refractivity contribution in [2.24, 2.45) is 0 Å². The van der Waals surface area contributed by atoms with Crippen LogP contribution < -0.4 is 5.32 Å². The van der Waals surface area contributed by atoms with Crippen molar-refractivity contribution in [3.05, 3.63) is 45.5 Å². The van der Waals surface area contributed by atoms with Crippen LogP contribution in [0.15, 0.2) is 24.3 Å². The largest absolute Gasteiger partial charge is 0.378 e. The Bertz CT molecular complexity index is 499. The Morgan fingerprint density at radius 2 is 2.26 bits per heavy atom. The molecule has 0 aromatic heterocycles. The van der Waals surface area contributed by atoms with Gasteiger partial charge in [0.2, 0.25) is 0 Å². The third-order valence-electron chi connectivity index (χ3n) is 3.11. The predicted octanol–water partition coefficient (Wildman–Crippen LogP) is 2.29. The number of ether oxygens (including phenoxy) is 1. The molecule has 0 aliphatic carbocycles. The molecule has 0 bridgehead atoms. The van der Waals surface area contributed by atoms with Crippen molar-refractivity contribution >= 4 is 11.8 Å². The zero-order chi connectivity index (χ0) is 13.8. The lowest BCUT2D eigenvalue weighted by molar-refractivity contribution is -0.385. The second-order valence-electron chi connectivity index (χ2n) is 4.87. The number of aryl methyl sites for hydroxylation is 1. The van der Waals surface area contributed by atoms with Gasteiger partial charge in [-0.2, -0.15) is 0 Å². The average molecular weight is 262 g/mol. The first-order valence-electron chi connectivity index (χ1n) is 6.33. The molecule has 1 aromatic rings. The van der Waals surface area contributed by atoms with Gasteiger partial charge in [-0.15, -0.1) is 0 Å². The number of nitrogens with one attached hydrogen (secondary N) is 1. The fraction of sp³-hybridized carbons (Fsp3) is 0.429. The van der Waals surface area contributed by atoms with Gasteiger partial charge in [-0.05, 0) is 19.4 Å². The zero-order valence-electron chi connectivity index (χ0n) is 11.1. The molecule has 5 heteroatoms. The molecule has 102 valence electrons. The molecule has 1 aromatic carbocycles. The summed E-state index contributed by atoms with van der Waals surface area (Å²) in [7, 11) is 0. The Hall–Kier alpha value is -1.72. The van der Waals surface area contributed by atoms with E-state index in [-0.39, 0.29) is 16.7 Å². The predicted molar refractivity (Wildman–Crippen MR) is 74.1 cm³/mol. The van der Waals surface area contributed by atoms with E-state index in [9.17, 15) is 10.1 Å². The molecule has 1 aliphatic heterocycles. The fourth-order valence-corrected chi connectivity index (χ4v) is 2.10. The average Bonchev–Trinajstić information content (AvgIpc) is 2.37. The smallest absolute Gasteiger partial charge is 0.272 e. The van der Waals surface area contributed by atoms with Crippen LogP contribution in [0.4, 0.5) is 5.69 Å². The van der Waals surface area contributed by atoms with Crippen molar-refractivity contribution in [2.75, 3.05) is 13.2 Å². The van der Waals surface area contributed by atoms with Crippen molar-refractivity contribution in [3.8, 4) is 0 Å². The van der Waals surface area contributed by atoms with Crippen LogP contribution in [0.1, 0.15) is 18.1 Å². The van der Waals surface area contributed by atoms with Gasteiger partial charge in [-0.25, -0.2) is 0 Å². The first-order chi connectivity index (χ1) is 9.06. The Kier molecular flexibility index (Phi) is 4.29. The summed E-state index contributed by atoms with van der Waals surface area (Å²) in [5, 5.41) is 14.3. The van der Waals surface area contributed by atoms with Crippen LogP contribution in [-0.2, 0) is 4.74 Å². The lowest BCUT2D eigenvalue weighted by Gasteiger charge is -2.26. The molecule has 5 nitrogen and oxygen atoms in total. The fourth-order valence-electron chi connectivity index (χ4n) is 2.10. The van der Waals surface area contributed by atoms with E-state index in [4.69, 9.17) is 4.74 Å². The van der Waals surface area contributed by atoms with Gasteiger partial charge in [0.05, 0.1) is 18.1 Å². The van der Waals surface area contributed by atoms with E-state index in [1.54, 1.807) is 19.1 Å². The number of morpholine rings is 1. The summed E-state index contributed by atoms with van der Waals surface area (Å²) >= 11 is 0. The number of nitrogens with zero attached hydrogens (tertiary/aromatic N) is 1. The molecule has 0 saturated carbocycles. The topological polar surface area (TPSA) is 64.4 Å². The van der Waals surface area contributed by atoms with Crippen LogP contribution in [0, 0.1) is 17.0 Å². The molecule has 1 heterocycles. The summed E-state index contributed by atoms with van der Waals surface area (Å²) in [4.78, 5) is 10.5. The number of benzene rings is 1. The van der Waals surface area contributed by atoms with Gasteiger partial charge in [-0.3, -0.25) is 10.1 Å². The highest BCUT2D eigenvalue weighted by Gasteiger charge is 2.15. The number of nitro groups is 1. The molecule has 2 rings (SSSR count). The van der Waals surface area contributed by atoms with Crippen LogP contribution in [0.25, 0.3) is 6.08 Å². The van der Waals surface area contributed by atoms with Crippen LogP contribution in [0.5, 0.6) is 0 Å². The highest BCUT2D eigenvalue weighted by Crippen LogP contribution is 2.20. The number of nitro benzene ring substituents is 1. The molecular weight excluding hydrogens is 244 g/mol. The second-order valence-corrected chi connectivity index (χ2v) is 4.87. The summed E-state index contributed by atoms with van der Waals surface area (Å²) in [6.45, 7) is 5.16. The van der Waals surface area contributed by atoms with Gasteiger partial charge >= 0.3 is 0 Å². The monoisotopic (exact) mass is 262 g/mol. The first kappa shape index (κ1) is 13.7. The molecule has 1 N–H and O–H groups in total. The van der Waals surface area contributed by atoms with Gasteiger partial charge in [0, 0.05) is 23.7 Å². The molecule has 2 atom stereocenters. The summed E-state index contributed by atoms with van der Waals surface area (Å²) in [6.07, 6.45) is 3.88. The van der Waals surface area contributed by atoms with Crippen molar-refractivity contribution in [1.29, 1.82) is 0 Å². The maximum absolute atomic E-state index is 10.9. The van der Waals surface area contributed by atoms with Gasteiger partial charge in [0.15, 0.2) is 0 Å². The molecule has 1 fully saturated rings. The Balaban J connectivity index is 2.10. The second kappa shape index (κ2) is 5.95. The molecule has 1 aliphatic rings. The molecule has 0 spiro atoms. The summed E-state index contributed by atoms with van der Waals surface area (Å²) in [6, 6.07) is 5.73. The molecule has 2 unspecified atom stereocenters. The quantitative estimate of drug-likeness (QED) is 0.670. The zero-order valence-corrected chi connectivity index (χ0v) is 11.1. The highest BCUT2D eigenvalue weighted by molar-refractivity contribution is 5.56. The van der Waals surface area contributed by atoms with E-state index < -0.39 is 0 Å². The number of rotatable bonds is 3. The molecule has 19 heavy (non-hydrogen) atoms. The van der Waals surface area contributed by atoms with Crippen molar-refractivity contribution < 1.29 is 9.66 Å². The Morgan fingerprint density at radius 1 is 1.47 bits per heavy atom. The van der Waals surface area contributed by atoms with E-state index in [1.165, 1.54) is 0 Å².